The number of alkyl halides is 3. The molecular formula is C22H39F3N2. The van der Waals surface area contributed by atoms with Gasteiger partial charge < -0.3 is 4.90 Å². The molecule has 2 aliphatic heterocycles. The van der Waals surface area contributed by atoms with Gasteiger partial charge in [0.25, 0.3) is 0 Å². The van der Waals surface area contributed by atoms with Crippen LogP contribution in [0.4, 0.5) is 13.2 Å². The average molecular weight is 389 g/mol. The van der Waals surface area contributed by atoms with Gasteiger partial charge in [-0.3, -0.25) is 4.90 Å². The van der Waals surface area contributed by atoms with Crippen molar-refractivity contribution in [2.75, 3.05) is 39.8 Å². The first-order valence-corrected chi connectivity index (χ1v) is 10.8. The van der Waals surface area contributed by atoms with Crippen molar-refractivity contribution in [2.24, 2.45) is 28.1 Å². The monoisotopic (exact) mass is 388 g/mol. The van der Waals surface area contributed by atoms with Crippen LogP contribution in [-0.2, 0) is 0 Å². The van der Waals surface area contributed by atoms with Crippen molar-refractivity contribution < 1.29 is 13.2 Å². The van der Waals surface area contributed by atoms with Crippen molar-refractivity contribution in [1.82, 2.24) is 9.80 Å². The second-order valence-electron chi connectivity index (χ2n) is 11.4. The van der Waals surface area contributed by atoms with Gasteiger partial charge in [0.15, 0.2) is 0 Å². The topological polar surface area (TPSA) is 6.48 Å². The summed E-state index contributed by atoms with van der Waals surface area (Å²) in [7, 11) is 2.22. The van der Waals surface area contributed by atoms with Crippen LogP contribution in [0.1, 0.15) is 66.2 Å². The molecular weight excluding hydrogens is 349 g/mol. The zero-order valence-corrected chi connectivity index (χ0v) is 18.0. The Bertz CT molecular complexity index is 504. The van der Waals surface area contributed by atoms with Crippen molar-refractivity contribution >= 4 is 0 Å². The summed E-state index contributed by atoms with van der Waals surface area (Å²) in [5, 5.41) is 0. The van der Waals surface area contributed by atoms with E-state index < -0.39 is 12.7 Å². The second kappa shape index (κ2) is 7.19. The smallest absolute Gasteiger partial charge is 0.306 e. The molecule has 158 valence electrons. The van der Waals surface area contributed by atoms with E-state index in [0.717, 1.165) is 18.8 Å². The molecule has 2 nitrogen and oxygen atoms in total. The van der Waals surface area contributed by atoms with Gasteiger partial charge in [0.2, 0.25) is 0 Å². The molecule has 27 heavy (non-hydrogen) atoms. The van der Waals surface area contributed by atoms with Crippen molar-refractivity contribution in [3.8, 4) is 0 Å². The van der Waals surface area contributed by atoms with Gasteiger partial charge in [0.05, 0.1) is 6.54 Å². The fraction of sp³-hybridized carbons (Fsp3) is 1.00. The maximum absolute atomic E-state index is 12.5. The molecule has 0 aromatic rings. The van der Waals surface area contributed by atoms with E-state index in [1.165, 1.54) is 38.8 Å². The lowest BCUT2D eigenvalue weighted by Crippen LogP contribution is -2.65. The molecule has 0 aromatic heterocycles. The SMILES string of the molecule is CN1CCC(C(C)(C)CCC(C)(C)C2CC3(C2)CN(CC(F)(F)F)C3)CC1. The van der Waals surface area contributed by atoms with Crippen molar-refractivity contribution in [3.05, 3.63) is 0 Å². The Hall–Kier alpha value is -0.290. The van der Waals surface area contributed by atoms with Crippen LogP contribution in [0.5, 0.6) is 0 Å². The first-order chi connectivity index (χ1) is 12.3. The van der Waals surface area contributed by atoms with Crippen LogP contribution in [0.2, 0.25) is 0 Å². The molecule has 2 heterocycles. The summed E-state index contributed by atoms with van der Waals surface area (Å²) in [6.45, 7) is 12.7. The molecule has 0 aromatic carbocycles. The van der Waals surface area contributed by atoms with Gasteiger partial charge in [0, 0.05) is 13.1 Å². The number of rotatable bonds is 6. The minimum Gasteiger partial charge on any atom is -0.306 e. The van der Waals surface area contributed by atoms with Gasteiger partial charge in [-0.2, -0.15) is 13.2 Å². The van der Waals surface area contributed by atoms with Gasteiger partial charge in [-0.05, 0) is 86.7 Å². The van der Waals surface area contributed by atoms with Crippen LogP contribution in [0.25, 0.3) is 0 Å². The average Bonchev–Trinajstić information content (AvgIpc) is 2.46. The molecule has 1 saturated carbocycles. The molecule has 1 aliphatic carbocycles. The molecule has 0 N–H and O–H groups in total. The van der Waals surface area contributed by atoms with Crippen LogP contribution in [0.15, 0.2) is 0 Å². The number of likely N-dealkylation sites (tertiary alicyclic amines) is 2. The first kappa shape index (κ1) is 21.4. The standard InChI is InChI=1S/C22H39F3N2/c1-19(2,17-6-10-26(5)11-7-17)8-9-20(3,4)18-12-21(13-18)14-27(15-21)16-22(23,24)25/h17-18H,6-16H2,1-5H3. The largest absolute Gasteiger partial charge is 0.401 e. The van der Waals surface area contributed by atoms with Crippen LogP contribution < -0.4 is 0 Å². The van der Waals surface area contributed by atoms with E-state index in [2.05, 4.69) is 39.6 Å². The second-order valence-corrected chi connectivity index (χ2v) is 11.4. The molecule has 2 saturated heterocycles. The summed E-state index contributed by atoms with van der Waals surface area (Å²) in [6, 6.07) is 0. The van der Waals surface area contributed by atoms with Gasteiger partial charge in [-0.1, -0.05) is 27.7 Å². The normalized spacial score (nSPS) is 26.2. The maximum Gasteiger partial charge on any atom is 0.401 e. The highest BCUT2D eigenvalue weighted by Crippen LogP contribution is 2.59. The van der Waals surface area contributed by atoms with Gasteiger partial charge in [-0.15, -0.1) is 0 Å². The first-order valence-electron chi connectivity index (χ1n) is 10.8. The Balaban J connectivity index is 1.42. The van der Waals surface area contributed by atoms with E-state index in [0.29, 0.717) is 29.8 Å². The van der Waals surface area contributed by atoms with Crippen LogP contribution >= 0.6 is 0 Å². The molecule has 0 radical (unpaired) electrons. The summed E-state index contributed by atoms with van der Waals surface area (Å²) in [5.74, 6) is 1.50. The summed E-state index contributed by atoms with van der Waals surface area (Å²) in [5.41, 5.74) is 0.898. The van der Waals surface area contributed by atoms with E-state index in [-0.39, 0.29) is 5.41 Å². The minimum atomic E-state index is -4.05. The lowest BCUT2D eigenvalue weighted by atomic mass is 9.50. The zero-order chi connectivity index (χ0) is 20.1. The Morgan fingerprint density at radius 2 is 1.33 bits per heavy atom. The fourth-order valence-electron chi connectivity index (χ4n) is 5.91. The summed E-state index contributed by atoms with van der Waals surface area (Å²) < 4.78 is 37.5. The quantitative estimate of drug-likeness (QED) is 0.598. The number of hydrogen-bond acceptors (Lipinski definition) is 2. The molecule has 5 heteroatoms. The van der Waals surface area contributed by atoms with Crippen LogP contribution in [0.3, 0.4) is 0 Å². The van der Waals surface area contributed by atoms with Crippen molar-refractivity contribution in [1.29, 1.82) is 0 Å². The van der Waals surface area contributed by atoms with Gasteiger partial charge in [-0.25, -0.2) is 0 Å². The number of piperidine rings is 1. The molecule has 3 fully saturated rings. The molecule has 0 atom stereocenters. The summed E-state index contributed by atoms with van der Waals surface area (Å²) in [6.07, 6.45) is 3.32. The van der Waals surface area contributed by atoms with Gasteiger partial charge in [0.1, 0.15) is 0 Å². The fourth-order valence-corrected chi connectivity index (χ4v) is 5.91. The molecule has 0 bridgehead atoms. The Kier molecular flexibility index (Phi) is 5.71. The highest BCUT2D eigenvalue weighted by atomic mass is 19.4. The zero-order valence-electron chi connectivity index (χ0n) is 18.0. The highest BCUT2D eigenvalue weighted by molar-refractivity contribution is 5.07. The summed E-state index contributed by atoms with van der Waals surface area (Å²) in [4.78, 5) is 4.01. The van der Waals surface area contributed by atoms with Gasteiger partial charge >= 0.3 is 6.18 Å². The predicted octanol–water partition coefficient (Wildman–Crippen LogP) is 5.44. The molecule has 1 spiro atoms. The number of nitrogens with zero attached hydrogens (tertiary/aromatic N) is 2. The Morgan fingerprint density at radius 3 is 1.81 bits per heavy atom. The Morgan fingerprint density at radius 1 is 0.852 bits per heavy atom. The maximum atomic E-state index is 12.5. The van der Waals surface area contributed by atoms with Crippen LogP contribution in [0, 0.1) is 28.1 Å². The third kappa shape index (κ3) is 5.01. The number of hydrogen-bond donors (Lipinski definition) is 0. The third-order valence-corrected chi connectivity index (χ3v) is 8.22. The van der Waals surface area contributed by atoms with Crippen molar-refractivity contribution in [2.45, 2.75) is 72.4 Å². The van der Waals surface area contributed by atoms with E-state index in [4.69, 9.17) is 0 Å². The van der Waals surface area contributed by atoms with E-state index in [9.17, 15) is 13.2 Å². The lowest BCUT2D eigenvalue weighted by Gasteiger charge is -2.62. The Labute approximate surface area is 163 Å². The number of halogens is 3. The van der Waals surface area contributed by atoms with Crippen molar-refractivity contribution in [3.63, 3.8) is 0 Å². The van der Waals surface area contributed by atoms with E-state index in [1.54, 1.807) is 4.90 Å². The molecule has 3 aliphatic rings. The van der Waals surface area contributed by atoms with Crippen LogP contribution in [-0.4, -0.2) is 55.7 Å². The lowest BCUT2D eigenvalue weighted by molar-refractivity contribution is -0.194. The molecule has 3 rings (SSSR count). The highest BCUT2D eigenvalue weighted by Gasteiger charge is 2.56. The van der Waals surface area contributed by atoms with E-state index >= 15 is 0 Å². The third-order valence-electron chi connectivity index (χ3n) is 8.22. The van der Waals surface area contributed by atoms with E-state index in [1.807, 2.05) is 0 Å². The summed E-state index contributed by atoms with van der Waals surface area (Å²) >= 11 is 0. The molecule has 0 amide bonds. The predicted molar refractivity (Wildman–Crippen MR) is 105 cm³/mol. The minimum absolute atomic E-state index is 0.205. The molecule has 0 unspecified atom stereocenters.